The van der Waals surface area contributed by atoms with Crippen molar-refractivity contribution >= 4 is 5.91 Å². The van der Waals surface area contributed by atoms with Crippen LogP contribution >= 0.6 is 0 Å². The van der Waals surface area contributed by atoms with E-state index in [4.69, 9.17) is 0 Å². The lowest BCUT2D eigenvalue weighted by molar-refractivity contribution is -0.141. The zero-order chi connectivity index (χ0) is 14.9. The van der Waals surface area contributed by atoms with E-state index in [9.17, 15) is 23.1 Å². The Bertz CT molecular complexity index is 483. The van der Waals surface area contributed by atoms with Gasteiger partial charge in [0.2, 0.25) is 0 Å². The number of aromatic nitrogens is 1. The highest BCUT2D eigenvalue weighted by molar-refractivity contribution is 5.93. The van der Waals surface area contributed by atoms with Gasteiger partial charge in [0.1, 0.15) is 5.69 Å². The third kappa shape index (κ3) is 3.47. The number of alkyl halides is 3. The Morgan fingerprint density at radius 3 is 2.60 bits per heavy atom. The van der Waals surface area contributed by atoms with E-state index in [1.807, 2.05) is 0 Å². The molecule has 1 N–H and O–H groups in total. The molecule has 1 heterocycles. The third-order valence-corrected chi connectivity index (χ3v) is 3.27. The zero-order valence-electron chi connectivity index (χ0n) is 10.9. The lowest BCUT2D eigenvalue weighted by Crippen LogP contribution is -2.35. The third-order valence-electron chi connectivity index (χ3n) is 3.27. The van der Waals surface area contributed by atoms with E-state index in [0.29, 0.717) is 0 Å². The highest BCUT2D eigenvalue weighted by Gasteiger charge is 2.33. The lowest BCUT2D eigenvalue weighted by atomic mass is 10.2. The van der Waals surface area contributed by atoms with Gasteiger partial charge in [0.15, 0.2) is 0 Å². The summed E-state index contributed by atoms with van der Waals surface area (Å²) in [5, 5.41) is 9.75. The van der Waals surface area contributed by atoms with Gasteiger partial charge in [-0.15, -0.1) is 0 Å². The summed E-state index contributed by atoms with van der Waals surface area (Å²) in [5.74, 6) is -0.220. The minimum Gasteiger partial charge on any atom is -0.391 e. The molecule has 1 aliphatic carbocycles. The molecule has 1 fully saturated rings. The smallest absolute Gasteiger partial charge is 0.391 e. The van der Waals surface area contributed by atoms with Crippen LogP contribution in [0.25, 0.3) is 0 Å². The Morgan fingerprint density at radius 1 is 1.50 bits per heavy atom. The van der Waals surface area contributed by atoms with Crippen molar-refractivity contribution < 1.29 is 23.1 Å². The molecule has 2 rings (SSSR count). The molecule has 4 nitrogen and oxygen atoms in total. The van der Waals surface area contributed by atoms with E-state index in [-0.39, 0.29) is 18.0 Å². The minimum absolute atomic E-state index is 0.0727. The van der Waals surface area contributed by atoms with Crippen LogP contribution in [-0.4, -0.2) is 40.6 Å². The van der Waals surface area contributed by atoms with Crippen LogP contribution in [0.3, 0.4) is 0 Å². The molecule has 1 unspecified atom stereocenters. The molecule has 110 valence electrons. The maximum atomic E-state index is 12.4. The Labute approximate surface area is 114 Å². The molecule has 0 aromatic carbocycles. The number of amides is 1. The fourth-order valence-corrected chi connectivity index (χ4v) is 1.90. The fraction of sp³-hybridized carbons (Fsp3) is 0.538. The van der Waals surface area contributed by atoms with Crippen LogP contribution in [0.4, 0.5) is 13.2 Å². The number of aliphatic hydroxyl groups excluding tert-OH is 1. The van der Waals surface area contributed by atoms with Gasteiger partial charge in [-0.3, -0.25) is 9.78 Å². The highest BCUT2D eigenvalue weighted by Crippen LogP contribution is 2.33. The molecule has 1 aromatic heterocycles. The predicted octanol–water partition coefficient (Wildman–Crippen LogP) is 1.94. The topological polar surface area (TPSA) is 53.4 Å². The molecule has 0 saturated heterocycles. The number of rotatable bonds is 4. The first-order valence-corrected chi connectivity index (χ1v) is 6.26. The average Bonchev–Trinajstić information content (AvgIpc) is 3.21. The molecule has 0 bridgehead atoms. The Hall–Kier alpha value is -1.63. The number of nitrogens with zero attached hydrogens (tertiary/aromatic N) is 2. The van der Waals surface area contributed by atoms with Crippen LogP contribution in [0.1, 0.15) is 28.9 Å². The average molecular weight is 288 g/mol. The van der Waals surface area contributed by atoms with E-state index in [1.165, 1.54) is 11.9 Å². The number of carbonyl (C=O) groups is 1. The second-order valence-corrected chi connectivity index (χ2v) is 5.02. The van der Waals surface area contributed by atoms with Gasteiger partial charge in [0, 0.05) is 19.8 Å². The summed E-state index contributed by atoms with van der Waals surface area (Å²) in [7, 11) is 1.51. The molecular weight excluding hydrogens is 273 g/mol. The fourth-order valence-electron chi connectivity index (χ4n) is 1.90. The first-order valence-electron chi connectivity index (χ1n) is 6.26. The molecule has 1 saturated carbocycles. The SMILES string of the molecule is CN(CC(O)C1CC1)C(=O)c1ccc(C(F)(F)F)nc1. The lowest BCUT2D eigenvalue weighted by Gasteiger charge is -2.20. The number of aliphatic hydroxyl groups is 1. The van der Waals surface area contributed by atoms with E-state index in [2.05, 4.69) is 4.98 Å². The van der Waals surface area contributed by atoms with Crippen molar-refractivity contribution in [2.24, 2.45) is 5.92 Å². The molecular formula is C13H15F3N2O2. The van der Waals surface area contributed by atoms with Crippen molar-refractivity contribution in [2.45, 2.75) is 25.1 Å². The first kappa shape index (κ1) is 14.8. The molecule has 0 spiro atoms. The van der Waals surface area contributed by atoms with Gasteiger partial charge >= 0.3 is 6.18 Å². The van der Waals surface area contributed by atoms with Gasteiger partial charge in [-0.2, -0.15) is 13.2 Å². The molecule has 1 atom stereocenters. The second-order valence-electron chi connectivity index (χ2n) is 5.02. The van der Waals surface area contributed by atoms with Crippen LogP contribution in [-0.2, 0) is 6.18 Å². The summed E-state index contributed by atoms with van der Waals surface area (Å²) >= 11 is 0. The van der Waals surface area contributed by atoms with Gasteiger partial charge in [0.05, 0.1) is 11.7 Å². The molecule has 7 heteroatoms. The normalized spacial score (nSPS) is 16.9. The van der Waals surface area contributed by atoms with Crippen molar-refractivity contribution in [1.82, 2.24) is 9.88 Å². The van der Waals surface area contributed by atoms with Gasteiger partial charge < -0.3 is 10.0 Å². The number of carbonyl (C=O) groups excluding carboxylic acids is 1. The molecule has 1 aromatic rings. The van der Waals surface area contributed by atoms with Crippen LogP contribution in [0.2, 0.25) is 0 Å². The number of halogens is 3. The van der Waals surface area contributed by atoms with Crippen molar-refractivity contribution in [3.05, 3.63) is 29.6 Å². The van der Waals surface area contributed by atoms with E-state index >= 15 is 0 Å². The van der Waals surface area contributed by atoms with Crippen LogP contribution < -0.4 is 0 Å². The summed E-state index contributed by atoms with van der Waals surface area (Å²) < 4.78 is 37.1. The number of likely N-dealkylation sites (N-methyl/N-ethyl adjacent to an activating group) is 1. The molecule has 1 aliphatic rings. The molecule has 20 heavy (non-hydrogen) atoms. The van der Waals surface area contributed by atoms with Crippen LogP contribution in [0.15, 0.2) is 18.3 Å². The van der Waals surface area contributed by atoms with E-state index in [1.54, 1.807) is 0 Å². The molecule has 0 radical (unpaired) electrons. The monoisotopic (exact) mass is 288 g/mol. The number of pyridine rings is 1. The van der Waals surface area contributed by atoms with Crippen molar-refractivity contribution in [3.63, 3.8) is 0 Å². The summed E-state index contributed by atoms with van der Waals surface area (Å²) in [5.41, 5.74) is -0.960. The Balaban J connectivity index is 2.01. The predicted molar refractivity (Wildman–Crippen MR) is 64.9 cm³/mol. The number of hydrogen-bond donors (Lipinski definition) is 1. The van der Waals surface area contributed by atoms with Crippen molar-refractivity contribution in [2.75, 3.05) is 13.6 Å². The standard InChI is InChI=1S/C13H15F3N2O2/c1-18(7-10(19)8-2-3-8)12(20)9-4-5-11(17-6-9)13(14,15)16/h4-6,8,10,19H,2-3,7H2,1H3. The number of hydrogen-bond acceptors (Lipinski definition) is 3. The highest BCUT2D eigenvalue weighted by atomic mass is 19.4. The minimum atomic E-state index is -4.52. The Kier molecular flexibility index (Phi) is 3.99. The first-order chi connectivity index (χ1) is 9.29. The quantitative estimate of drug-likeness (QED) is 0.921. The van der Waals surface area contributed by atoms with Crippen molar-refractivity contribution in [3.8, 4) is 0 Å². The summed E-state index contributed by atoms with van der Waals surface area (Å²) in [6.45, 7) is 0.171. The van der Waals surface area contributed by atoms with Gasteiger partial charge in [-0.25, -0.2) is 0 Å². The van der Waals surface area contributed by atoms with Gasteiger partial charge in [-0.1, -0.05) is 0 Å². The Morgan fingerprint density at radius 2 is 2.15 bits per heavy atom. The molecule has 0 aliphatic heterocycles. The van der Waals surface area contributed by atoms with E-state index < -0.39 is 23.9 Å². The zero-order valence-corrected chi connectivity index (χ0v) is 10.9. The maximum absolute atomic E-state index is 12.4. The van der Waals surface area contributed by atoms with Crippen LogP contribution in [0.5, 0.6) is 0 Å². The summed E-state index contributed by atoms with van der Waals surface area (Å²) in [6.07, 6.45) is -2.29. The van der Waals surface area contributed by atoms with Gasteiger partial charge in [-0.05, 0) is 30.9 Å². The largest absolute Gasteiger partial charge is 0.433 e. The summed E-state index contributed by atoms with van der Waals surface area (Å²) in [6, 6.07) is 1.87. The maximum Gasteiger partial charge on any atom is 0.433 e. The van der Waals surface area contributed by atoms with Crippen LogP contribution in [0, 0.1) is 5.92 Å². The van der Waals surface area contributed by atoms with Gasteiger partial charge in [0.25, 0.3) is 5.91 Å². The van der Waals surface area contributed by atoms with E-state index in [0.717, 1.165) is 31.2 Å². The van der Waals surface area contributed by atoms with Crippen molar-refractivity contribution in [1.29, 1.82) is 0 Å². The second kappa shape index (κ2) is 5.40. The summed E-state index contributed by atoms with van der Waals surface area (Å²) in [4.78, 5) is 16.5. The molecule has 1 amide bonds.